The molecule has 0 amide bonds. The van der Waals surface area contributed by atoms with Crippen LogP contribution in [-0.2, 0) is 0 Å². The third kappa shape index (κ3) is 2.67. The second-order valence-corrected chi connectivity index (χ2v) is 4.65. The van der Waals surface area contributed by atoms with Gasteiger partial charge in [0.25, 0.3) is 5.69 Å². The van der Waals surface area contributed by atoms with E-state index in [1.54, 1.807) is 12.1 Å². The Hall–Kier alpha value is -2.95. The molecule has 0 aliphatic rings. The molecule has 1 aromatic heterocycles. The molecule has 0 bridgehead atoms. The molecule has 5 heteroatoms. The molecule has 0 spiro atoms. The van der Waals surface area contributed by atoms with Gasteiger partial charge in [-0.05, 0) is 30.2 Å². The molecule has 0 aliphatic heterocycles. The fourth-order valence-corrected chi connectivity index (χ4v) is 2.05. The van der Waals surface area contributed by atoms with Crippen LogP contribution in [-0.4, -0.2) is 9.91 Å². The van der Waals surface area contributed by atoms with Gasteiger partial charge in [0, 0.05) is 18.2 Å². The molecule has 3 aromatic rings. The second kappa shape index (κ2) is 5.20. The Balaban J connectivity index is 1.95. The van der Waals surface area contributed by atoms with E-state index in [4.69, 9.17) is 4.42 Å². The zero-order valence-corrected chi connectivity index (χ0v) is 11.3. The van der Waals surface area contributed by atoms with Gasteiger partial charge < -0.3 is 4.42 Å². The molecular formula is C16H12N2O3. The Labute approximate surface area is 120 Å². The number of nitro groups is 1. The second-order valence-electron chi connectivity index (χ2n) is 4.65. The number of aryl methyl sites for hydroxylation is 1. The van der Waals surface area contributed by atoms with Crippen LogP contribution in [0.5, 0.6) is 0 Å². The number of nitrogens with zero attached hydrogens (tertiary/aromatic N) is 2. The van der Waals surface area contributed by atoms with E-state index in [1.165, 1.54) is 12.1 Å². The van der Waals surface area contributed by atoms with E-state index in [0.29, 0.717) is 17.0 Å². The first-order valence-electron chi connectivity index (χ1n) is 6.42. The van der Waals surface area contributed by atoms with E-state index < -0.39 is 4.92 Å². The first-order valence-corrected chi connectivity index (χ1v) is 6.42. The van der Waals surface area contributed by atoms with Crippen LogP contribution in [0.1, 0.15) is 17.0 Å². The molecule has 0 fully saturated rings. The summed E-state index contributed by atoms with van der Waals surface area (Å²) >= 11 is 0. The van der Waals surface area contributed by atoms with Crippen molar-refractivity contribution in [2.75, 3.05) is 0 Å². The van der Waals surface area contributed by atoms with Gasteiger partial charge in [0.1, 0.15) is 5.52 Å². The number of benzene rings is 2. The molecule has 0 unspecified atom stereocenters. The fourth-order valence-electron chi connectivity index (χ4n) is 2.05. The highest BCUT2D eigenvalue weighted by Gasteiger charge is 2.10. The highest BCUT2D eigenvalue weighted by atomic mass is 16.6. The highest BCUT2D eigenvalue weighted by molar-refractivity contribution is 5.78. The number of aromatic nitrogens is 1. The van der Waals surface area contributed by atoms with Crippen molar-refractivity contribution in [3.63, 3.8) is 0 Å². The van der Waals surface area contributed by atoms with Gasteiger partial charge in [-0.3, -0.25) is 10.1 Å². The number of hydrogen-bond donors (Lipinski definition) is 0. The van der Waals surface area contributed by atoms with Gasteiger partial charge in [-0.25, -0.2) is 4.98 Å². The average molecular weight is 280 g/mol. The van der Waals surface area contributed by atoms with E-state index >= 15 is 0 Å². The number of hydrogen-bond acceptors (Lipinski definition) is 4. The fraction of sp³-hybridized carbons (Fsp3) is 0.0625. The SMILES string of the molecule is Cc1ccccc1/C=C/c1nc2cc([N+](=O)[O-])ccc2o1. The van der Waals surface area contributed by atoms with Crippen LogP contribution < -0.4 is 0 Å². The molecule has 1 heterocycles. The molecule has 104 valence electrons. The lowest BCUT2D eigenvalue weighted by atomic mass is 10.1. The van der Waals surface area contributed by atoms with E-state index in [1.807, 2.05) is 37.3 Å². The monoisotopic (exact) mass is 280 g/mol. The van der Waals surface area contributed by atoms with Crippen molar-refractivity contribution < 1.29 is 9.34 Å². The van der Waals surface area contributed by atoms with E-state index in [0.717, 1.165) is 11.1 Å². The lowest BCUT2D eigenvalue weighted by Crippen LogP contribution is -1.86. The predicted octanol–water partition coefficient (Wildman–Crippen LogP) is 4.21. The maximum Gasteiger partial charge on any atom is 0.271 e. The number of non-ortho nitro benzene ring substituents is 1. The minimum atomic E-state index is -0.447. The highest BCUT2D eigenvalue weighted by Crippen LogP contribution is 2.22. The third-order valence-electron chi connectivity index (χ3n) is 3.19. The van der Waals surface area contributed by atoms with Crippen molar-refractivity contribution in [3.8, 4) is 0 Å². The van der Waals surface area contributed by atoms with E-state index in [9.17, 15) is 10.1 Å². The van der Waals surface area contributed by atoms with Crippen molar-refractivity contribution in [2.24, 2.45) is 0 Å². The first-order chi connectivity index (χ1) is 10.1. The molecule has 0 saturated carbocycles. The van der Waals surface area contributed by atoms with Gasteiger partial charge in [0.15, 0.2) is 5.58 Å². The molecule has 0 radical (unpaired) electrons. The summed E-state index contributed by atoms with van der Waals surface area (Å²) < 4.78 is 5.54. The maximum atomic E-state index is 10.7. The smallest absolute Gasteiger partial charge is 0.271 e. The normalized spacial score (nSPS) is 11.3. The predicted molar refractivity (Wildman–Crippen MR) is 80.8 cm³/mol. The Morgan fingerprint density at radius 3 is 2.76 bits per heavy atom. The number of oxazole rings is 1. The van der Waals surface area contributed by atoms with Gasteiger partial charge in [0.05, 0.1) is 4.92 Å². The summed E-state index contributed by atoms with van der Waals surface area (Å²) in [5.74, 6) is 0.425. The van der Waals surface area contributed by atoms with Gasteiger partial charge in [-0.1, -0.05) is 24.3 Å². The van der Waals surface area contributed by atoms with Crippen LogP contribution >= 0.6 is 0 Å². The van der Waals surface area contributed by atoms with Crippen molar-refractivity contribution >= 4 is 28.9 Å². The molecule has 0 N–H and O–H groups in total. The van der Waals surface area contributed by atoms with Crippen molar-refractivity contribution in [1.29, 1.82) is 0 Å². The van der Waals surface area contributed by atoms with Crippen LogP contribution in [0.2, 0.25) is 0 Å². The van der Waals surface area contributed by atoms with Gasteiger partial charge in [-0.15, -0.1) is 0 Å². The lowest BCUT2D eigenvalue weighted by molar-refractivity contribution is -0.384. The molecule has 5 nitrogen and oxygen atoms in total. The van der Waals surface area contributed by atoms with E-state index in [-0.39, 0.29) is 5.69 Å². The van der Waals surface area contributed by atoms with Crippen molar-refractivity contribution in [1.82, 2.24) is 4.98 Å². The van der Waals surface area contributed by atoms with Crippen LogP contribution in [0.25, 0.3) is 23.3 Å². The minimum Gasteiger partial charge on any atom is -0.437 e. The molecule has 21 heavy (non-hydrogen) atoms. The Morgan fingerprint density at radius 1 is 1.19 bits per heavy atom. The Kier molecular flexibility index (Phi) is 3.23. The summed E-state index contributed by atoms with van der Waals surface area (Å²) in [6, 6.07) is 12.3. The summed E-state index contributed by atoms with van der Waals surface area (Å²) in [6.45, 7) is 2.02. The van der Waals surface area contributed by atoms with Crippen molar-refractivity contribution in [3.05, 3.63) is 69.6 Å². The molecule has 0 saturated heterocycles. The maximum absolute atomic E-state index is 10.7. The van der Waals surface area contributed by atoms with Gasteiger partial charge in [-0.2, -0.15) is 0 Å². The lowest BCUT2D eigenvalue weighted by Gasteiger charge is -1.96. The number of nitro benzene ring substituents is 1. The molecular weight excluding hydrogens is 268 g/mol. The Morgan fingerprint density at radius 2 is 2.00 bits per heavy atom. The molecule has 3 rings (SSSR count). The zero-order chi connectivity index (χ0) is 14.8. The molecule has 0 aliphatic carbocycles. The Bertz CT molecular complexity index is 850. The van der Waals surface area contributed by atoms with Crippen LogP contribution in [0, 0.1) is 17.0 Å². The third-order valence-corrected chi connectivity index (χ3v) is 3.19. The van der Waals surface area contributed by atoms with Crippen LogP contribution in [0.4, 0.5) is 5.69 Å². The minimum absolute atomic E-state index is 0.00485. The quantitative estimate of drug-likeness (QED) is 0.532. The molecule has 2 aromatic carbocycles. The first kappa shape index (κ1) is 13.1. The van der Waals surface area contributed by atoms with Gasteiger partial charge >= 0.3 is 0 Å². The summed E-state index contributed by atoms with van der Waals surface area (Å²) in [7, 11) is 0. The zero-order valence-electron chi connectivity index (χ0n) is 11.3. The van der Waals surface area contributed by atoms with Crippen molar-refractivity contribution in [2.45, 2.75) is 6.92 Å². The average Bonchev–Trinajstić information content (AvgIpc) is 2.88. The van der Waals surface area contributed by atoms with E-state index in [2.05, 4.69) is 4.98 Å². The standard InChI is InChI=1S/C16H12N2O3/c1-11-4-2-3-5-12(11)6-9-16-17-14-10-13(18(19)20)7-8-15(14)21-16/h2-10H,1H3/b9-6+. The molecule has 0 atom stereocenters. The summed E-state index contributed by atoms with van der Waals surface area (Å²) in [5, 5.41) is 10.7. The largest absolute Gasteiger partial charge is 0.437 e. The number of fused-ring (bicyclic) bond motifs is 1. The van der Waals surface area contributed by atoms with Gasteiger partial charge in [0.2, 0.25) is 5.89 Å². The summed E-state index contributed by atoms with van der Waals surface area (Å²) in [5.41, 5.74) is 3.25. The number of rotatable bonds is 3. The summed E-state index contributed by atoms with van der Waals surface area (Å²) in [6.07, 6.45) is 3.67. The van der Waals surface area contributed by atoms with Crippen LogP contribution in [0.3, 0.4) is 0 Å². The van der Waals surface area contributed by atoms with Crippen LogP contribution in [0.15, 0.2) is 46.9 Å². The topological polar surface area (TPSA) is 69.2 Å². The summed E-state index contributed by atoms with van der Waals surface area (Å²) in [4.78, 5) is 14.5.